The van der Waals surface area contributed by atoms with E-state index in [0.29, 0.717) is 22.2 Å². The van der Waals surface area contributed by atoms with Crippen LogP contribution >= 0.6 is 24.0 Å². The molecule has 0 spiro atoms. The first kappa shape index (κ1) is 15.7. The molecule has 0 saturated carbocycles. The Hall–Kier alpha value is -1.66. The lowest BCUT2D eigenvalue weighted by atomic mass is 10.1. The number of carboxylic acids is 1. The number of nitrogens with zero attached hydrogens (tertiary/aromatic N) is 1. The third kappa shape index (κ3) is 3.92. The molecular weight excluding hydrogens is 306 g/mol. The number of aliphatic carboxylic acids is 1. The van der Waals surface area contributed by atoms with Crippen molar-refractivity contribution in [3.05, 3.63) is 40.3 Å². The monoisotopic (exact) mass is 321 g/mol. The minimum absolute atomic E-state index is 0.0356. The normalized spacial score (nSPS) is 16.8. The van der Waals surface area contributed by atoms with E-state index < -0.39 is 5.97 Å². The minimum atomic E-state index is -0.865. The van der Waals surface area contributed by atoms with Crippen molar-refractivity contribution >= 4 is 46.3 Å². The number of carbonyl (C=O) groups is 2. The van der Waals surface area contributed by atoms with Gasteiger partial charge in [-0.25, -0.2) is 0 Å². The van der Waals surface area contributed by atoms with Gasteiger partial charge in [-0.2, -0.15) is 0 Å². The van der Waals surface area contributed by atoms with E-state index in [1.165, 1.54) is 16.7 Å². The van der Waals surface area contributed by atoms with E-state index in [2.05, 4.69) is 0 Å². The second-order valence-electron chi connectivity index (χ2n) is 4.69. The third-order valence-corrected chi connectivity index (χ3v) is 4.50. The number of aryl methyl sites for hydroxylation is 1. The third-order valence-electron chi connectivity index (χ3n) is 3.12. The van der Waals surface area contributed by atoms with Gasteiger partial charge in [0, 0.05) is 13.0 Å². The van der Waals surface area contributed by atoms with Crippen LogP contribution in [0.4, 0.5) is 0 Å². The van der Waals surface area contributed by atoms with Crippen LogP contribution in [0.15, 0.2) is 29.2 Å². The lowest BCUT2D eigenvalue weighted by Gasteiger charge is -2.13. The first-order valence-corrected chi connectivity index (χ1v) is 7.74. The van der Waals surface area contributed by atoms with E-state index >= 15 is 0 Å². The Morgan fingerprint density at radius 3 is 2.81 bits per heavy atom. The fourth-order valence-corrected chi connectivity index (χ4v) is 3.27. The second kappa shape index (κ2) is 6.87. The molecule has 0 unspecified atom stereocenters. The van der Waals surface area contributed by atoms with E-state index in [4.69, 9.17) is 17.3 Å². The molecule has 21 heavy (non-hydrogen) atoms. The Bertz CT molecular complexity index is 625. The average molecular weight is 321 g/mol. The van der Waals surface area contributed by atoms with Gasteiger partial charge in [-0.3, -0.25) is 14.5 Å². The van der Waals surface area contributed by atoms with E-state index in [-0.39, 0.29) is 12.3 Å². The van der Waals surface area contributed by atoms with Gasteiger partial charge < -0.3 is 5.11 Å². The van der Waals surface area contributed by atoms with Gasteiger partial charge in [0.25, 0.3) is 5.91 Å². The molecule has 0 aliphatic carbocycles. The predicted molar refractivity (Wildman–Crippen MR) is 87.9 cm³/mol. The molecule has 0 radical (unpaired) electrons. The molecule has 1 aromatic carbocycles. The summed E-state index contributed by atoms with van der Waals surface area (Å²) in [5, 5.41) is 8.64. The van der Waals surface area contributed by atoms with Crippen molar-refractivity contribution in [2.75, 3.05) is 6.54 Å². The summed E-state index contributed by atoms with van der Waals surface area (Å²) < 4.78 is 0.491. The van der Waals surface area contributed by atoms with Gasteiger partial charge in [-0.15, -0.1) is 0 Å². The lowest BCUT2D eigenvalue weighted by Crippen LogP contribution is -2.29. The van der Waals surface area contributed by atoms with Crippen LogP contribution in [0.1, 0.15) is 24.0 Å². The van der Waals surface area contributed by atoms with Crippen LogP contribution in [0.3, 0.4) is 0 Å². The van der Waals surface area contributed by atoms with Crippen LogP contribution < -0.4 is 0 Å². The molecule has 1 fully saturated rings. The highest BCUT2D eigenvalue weighted by Crippen LogP contribution is 2.33. The largest absolute Gasteiger partial charge is 0.481 e. The highest BCUT2D eigenvalue weighted by Gasteiger charge is 2.31. The number of rotatable bonds is 5. The lowest BCUT2D eigenvalue weighted by molar-refractivity contribution is -0.137. The highest BCUT2D eigenvalue weighted by atomic mass is 32.2. The number of carbonyl (C=O) groups excluding carboxylic acids is 1. The van der Waals surface area contributed by atoms with Crippen molar-refractivity contribution in [3.63, 3.8) is 0 Å². The molecule has 1 saturated heterocycles. The molecule has 4 nitrogen and oxygen atoms in total. The van der Waals surface area contributed by atoms with Gasteiger partial charge in [0.15, 0.2) is 0 Å². The number of hydrogen-bond acceptors (Lipinski definition) is 4. The average Bonchev–Trinajstić information content (AvgIpc) is 2.68. The quantitative estimate of drug-likeness (QED) is 0.667. The van der Waals surface area contributed by atoms with E-state index in [1.54, 1.807) is 0 Å². The van der Waals surface area contributed by atoms with Crippen LogP contribution in [0.2, 0.25) is 0 Å². The topological polar surface area (TPSA) is 57.6 Å². The summed E-state index contributed by atoms with van der Waals surface area (Å²) in [7, 11) is 0. The summed E-state index contributed by atoms with van der Waals surface area (Å²) in [5.74, 6) is -1.01. The van der Waals surface area contributed by atoms with Gasteiger partial charge in [0.1, 0.15) is 4.32 Å². The summed E-state index contributed by atoms with van der Waals surface area (Å²) >= 11 is 6.47. The summed E-state index contributed by atoms with van der Waals surface area (Å²) in [6, 6.07) is 7.81. The molecule has 1 aliphatic heterocycles. The Kier molecular flexibility index (Phi) is 5.14. The number of hydrogen-bond donors (Lipinski definition) is 1. The molecule has 6 heteroatoms. The maximum absolute atomic E-state index is 12.3. The molecule has 0 aromatic heterocycles. The highest BCUT2D eigenvalue weighted by molar-refractivity contribution is 8.26. The van der Waals surface area contributed by atoms with Crippen LogP contribution in [-0.4, -0.2) is 32.7 Å². The molecule has 1 heterocycles. The SMILES string of the molecule is Cc1ccccc1/C=C1\SC(=S)N(CCCC(=O)O)C1=O. The standard InChI is InChI=1S/C15H15NO3S2/c1-10-5-2-3-6-11(10)9-12-14(19)16(15(20)21-12)8-4-7-13(17)18/h2-3,5-6,9H,4,7-8H2,1H3,(H,17,18)/b12-9-. The Morgan fingerprint density at radius 2 is 2.14 bits per heavy atom. The zero-order valence-corrected chi connectivity index (χ0v) is 13.2. The maximum Gasteiger partial charge on any atom is 0.303 e. The van der Waals surface area contributed by atoms with E-state index in [0.717, 1.165) is 11.1 Å². The Morgan fingerprint density at radius 1 is 1.43 bits per heavy atom. The van der Waals surface area contributed by atoms with Crippen LogP contribution in [-0.2, 0) is 9.59 Å². The molecule has 2 rings (SSSR count). The van der Waals surface area contributed by atoms with Crippen LogP contribution in [0.5, 0.6) is 0 Å². The molecule has 110 valence electrons. The Balaban J connectivity index is 2.11. The predicted octanol–water partition coefficient (Wildman–Crippen LogP) is 3.06. The smallest absolute Gasteiger partial charge is 0.303 e. The number of amides is 1. The minimum Gasteiger partial charge on any atom is -0.481 e. The number of benzene rings is 1. The van der Waals surface area contributed by atoms with Crippen molar-refractivity contribution < 1.29 is 14.7 Å². The fourth-order valence-electron chi connectivity index (χ4n) is 1.97. The fraction of sp³-hybridized carbons (Fsp3) is 0.267. The maximum atomic E-state index is 12.3. The van der Waals surface area contributed by atoms with Gasteiger partial charge >= 0.3 is 5.97 Å². The molecule has 1 aliphatic rings. The van der Waals surface area contributed by atoms with Gasteiger partial charge in [-0.1, -0.05) is 48.2 Å². The first-order chi connectivity index (χ1) is 9.99. The van der Waals surface area contributed by atoms with Gasteiger partial charge in [-0.05, 0) is 30.5 Å². The summed E-state index contributed by atoms with van der Waals surface area (Å²) in [6.45, 7) is 2.33. The molecular formula is C15H15NO3S2. The molecule has 0 bridgehead atoms. The summed E-state index contributed by atoms with van der Waals surface area (Å²) in [4.78, 5) is 24.9. The van der Waals surface area contributed by atoms with Crippen LogP contribution in [0.25, 0.3) is 6.08 Å². The first-order valence-electron chi connectivity index (χ1n) is 6.52. The van der Waals surface area contributed by atoms with Gasteiger partial charge in [0.2, 0.25) is 0 Å². The van der Waals surface area contributed by atoms with E-state index in [1.807, 2.05) is 37.3 Å². The van der Waals surface area contributed by atoms with Crippen LogP contribution in [0, 0.1) is 6.92 Å². The molecule has 1 N–H and O–H groups in total. The molecule has 1 aromatic rings. The zero-order valence-electron chi connectivity index (χ0n) is 11.5. The van der Waals surface area contributed by atoms with Crippen molar-refractivity contribution in [3.8, 4) is 0 Å². The Labute approximate surface area is 132 Å². The van der Waals surface area contributed by atoms with Gasteiger partial charge in [0.05, 0.1) is 4.91 Å². The van der Waals surface area contributed by atoms with Crippen molar-refractivity contribution in [1.29, 1.82) is 0 Å². The summed E-state index contributed by atoms with van der Waals surface area (Å²) in [5.41, 5.74) is 2.08. The van der Waals surface area contributed by atoms with E-state index in [9.17, 15) is 9.59 Å². The number of thiocarbonyl (C=S) groups is 1. The van der Waals surface area contributed by atoms with Crippen molar-refractivity contribution in [2.45, 2.75) is 19.8 Å². The number of carboxylic acid groups (broad SMARTS) is 1. The molecule has 1 amide bonds. The zero-order chi connectivity index (χ0) is 15.4. The molecule has 0 atom stereocenters. The summed E-state index contributed by atoms with van der Waals surface area (Å²) in [6.07, 6.45) is 2.28. The number of thioether (sulfide) groups is 1. The van der Waals surface area contributed by atoms with Crippen molar-refractivity contribution in [2.24, 2.45) is 0 Å². The second-order valence-corrected chi connectivity index (χ2v) is 6.36. The van der Waals surface area contributed by atoms with Crippen molar-refractivity contribution in [1.82, 2.24) is 4.90 Å².